The Bertz CT molecular complexity index is 597. The fourth-order valence-corrected chi connectivity index (χ4v) is 2.10. The molecule has 3 N–H and O–H groups in total. The Labute approximate surface area is 124 Å². The van der Waals surface area contributed by atoms with Crippen LogP contribution in [-0.4, -0.2) is 11.8 Å². The first-order valence-corrected chi connectivity index (χ1v) is 6.84. The molecule has 4 heteroatoms. The lowest BCUT2D eigenvalue weighted by atomic mass is 10.1. The van der Waals surface area contributed by atoms with Crippen molar-refractivity contribution >= 4 is 11.8 Å². The fourth-order valence-electron chi connectivity index (χ4n) is 2.10. The first-order valence-electron chi connectivity index (χ1n) is 6.84. The molecule has 0 saturated carbocycles. The summed E-state index contributed by atoms with van der Waals surface area (Å²) in [6.45, 7) is 0. The quantitative estimate of drug-likeness (QED) is 0.850. The maximum Gasteiger partial charge on any atom is 0.244 e. The van der Waals surface area contributed by atoms with Crippen molar-refractivity contribution in [3.8, 4) is 0 Å². The predicted octanol–water partition coefficient (Wildman–Crippen LogP) is 1.96. The molecule has 0 bridgehead atoms. The van der Waals surface area contributed by atoms with Gasteiger partial charge in [-0.1, -0.05) is 60.7 Å². The zero-order valence-corrected chi connectivity index (χ0v) is 11.7. The van der Waals surface area contributed by atoms with E-state index < -0.39 is 11.9 Å². The van der Waals surface area contributed by atoms with Crippen LogP contribution in [-0.2, 0) is 16.0 Å². The van der Waals surface area contributed by atoms with Gasteiger partial charge in [0.1, 0.15) is 6.04 Å². The average Bonchev–Trinajstić information content (AvgIpc) is 2.52. The number of aryl methyl sites for hydroxylation is 1. The van der Waals surface area contributed by atoms with Gasteiger partial charge < -0.3 is 11.1 Å². The van der Waals surface area contributed by atoms with Crippen molar-refractivity contribution in [3.63, 3.8) is 0 Å². The van der Waals surface area contributed by atoms with Gasteiger partial charge in [0.15, 0.2) is 0 Å². The zero-order valence-electron chi connectivity index (χ0n) is 11.7. The molecule has 2 aromatic carbocycles. The van der Waals surface area contributed by atoms with Gasteiger partial charge in [-0.25, -0.2) is 0 Å². The Morgan fingerprint density at radius 3 is 2.10 bits per heavy atom. The summed E-state index contributed by atoms with van der Waals surface area (Å²) in [6, 6.07) is 18.0. The molecule has 0 aliphatic heterocycles. The molecule has 0 fully saturated rings. The topological polar surface area (TPSA) is 72.2 Å². The molecule has 2 rings (SSSR count). The first-order chi connectivity index (χ1) is 10.2. The summed E-state index contributed by atoms with van der Waals surface area (Å²) in [5.74, 6) is -0.749. The highest BCUT2D eigenvalue weighted by Gasteiger charge is 2.19. The number of benzene rings is 2. The van der Waals surface area contributed by atoms with E-state index in [4.69, 9.17) is 5.73 Å². The number of nitrogens with one attached hydrogen (secondary N) is 1. The number of carbonyl (C=O) groups excluding carboxylic acids is 2. The minimum absolute atomic E-state index is 0.188. The number of hydrogen-bond donors (Lipinski definition) is 2. The Morgan fingerprint density at radius 2 is 1.52 bits per heavy atom. The van der Waals surface area contributed by atoms with E-state index in [0.717, 1.165) is 5.56 Å². The van der Waals surface area contributed by atoms with E-state index in [1.165, 1.54) is 0 Å². The van der Waals surface area contributed by atoms with E-state index in [9.17, 15) is 9.59 Å². The largest absolute Gasteiger partial charge is 0.368 e. The maximum absolute atomic E-state index is 12.0. The molecule has 0 heterocycles. The number of rotatable bonds is 6. The second-order valence-corrected chi connectivity index (χ2v) is 4.80. The molecule has 0 aromatic heterocycles. The number of carbonyl (C=O) groups is 2. The van der Waals surface area contributed by atoms with Crippen LogP contribution in [0.15, 0.2) is 60.7 Å². The number of amides is 2. The van der Waals surface area contributed by atoms with Gasteiger partial charge in [0.2, 0.25) is 11.8 Å². The van der Waals surface area contributed by atoms with Gasteiger partial charge in [-0.15, -0.1) is 0 Å². The summed E-state index contributed by atoms with van der Waals surface area (Å²) in [4.78, 5) is 23.5. The standard InChI is InChI=1S/C17H18N2O2/c18-17(21)16(14-9-5-2-6-10-14)19-15(20)12-11-13-7-3-1-4-8-13/h1-10,16H,11-12H2,(H2,18,21)(H,19,20)/t16-/m1/s1. The van der Waals surface area contributed by atoms with Gasteiger partial charge in [0, 0.05) is 6.42 Å². The van der Waals surface area contributed by atoms with Gasteiger partial charge >= 0.3 is 0 Å². The molecule has 21 heavy (non-hydrogen) atoms. The summed E-state index contributed by atoms with van der Waals surface area (Å²) in [5.41, 5.74) is 7.15. The molecular formula is C17H18N2O2. The van der Waals surface area contributed by atoms with Gasteiger partial charge in [-0.05, 0) is 17.5 Å². The summed E-state index contributed by atoms with van der Waals surface area (Å²) >= 11 is 0. The minimum atomic E-state index is -0.783. The van der Waals surface area contributed by atoms with Crippen LogP contribution in [0.3, 0.4) is 0 Å². The Hall–Kier alpha value is -2.62. The monoisotopic (exact) mass is 282 g/mol. The summed E-state index contributed by atoms with van der Waals surface area (Å²) in [5, 5.41) is 2.69. The van der Waals surface area contributed by atoms with Gasteiger partial charge in [0.25, 0.3) is 0 Å². The average molecular weight is 282 g/mol. The molecule has 1 atom stereocenters. The van der Waals surface area contributed by atoms with Crippen LogP contribution < -0.4 is 11.1 Å². The lowest BCUT2D eigenvalue weighted by Crippen LogP contribution is -2.37. The van der Waals surface area contributed by atoms with Crippen LogP contribution in [0.25, 0.3) is 0 Å². The number of hydrogen-bond acceptors (Lipinski definition) is 2. The highest BCUT2D eigenvalue weighted by atomic mass is 16.2. The van der Waals surface area contributed by atoms with Crippen molar-refractivity contribution in [1.82, 2.24) is 5.32 Å². The van der Waals surface area contributed by atoms with Crippen LogP contribution in [0, 0.1) is 0 Å². The molecule has 2 aromatic rings. The summed E-state index contributed by atoms with van der Waals surface area (Å²) in [7, 11) is 0. The Kier molecular flexibility index (Phi) is 5.10. The fraction of sp³-hybridized carbons (Fsp3) is 0.176. The van der Waals surface area contributed by atoms with Crippen molar-refractivity contribution < 1.29 is 9.59 Å². The lowest BCUT2D eigenvalue weighted by Gasteiger charge is -2.15. The van der Waals surface area contributed by atoms with Crippen molar-refractivity contribution in [2.75, 3.05) is 0 Å². The van der Waals surface area contributed by atoms with Gasteiger partial charge in [0.05, 0.1) is 0 Å². The highest BCUT2D eigenvalue weighted by molar-refractivity contribution is 5.87. The molecule has 0 aliphatic carbocycles. The van der Waals surface area contributed by atoms with Crippen molar-refractivity contribution in [1.29, 1.82) is 0 Å². The third kappa shape index (κ3) is 4.45. The molecule has 108 valence electrons. The SMILES string of the molecule is NC(=O)[C@H](NC(=O)CCc1ccccc1)c1ccccc1. The van der Waals surface area contributed by atoms with E-state index >= 15 is 0 Å². The zero-order chi connectivity index (χ0) is 15.1. The molecule has 0 spiro atoms. The van der Waals surface area contributed by atoms with Crippen LogP contribution in [0.2, 0.25) is 0 Å². The van der Waals surface area contributed by atoms with Crippen molar-refractivity contribution in [2.24, 2.45) is 5.73 Å². The van der Waals surface area contributed by atoms with Crippen molar-refractivity contribution in [2.45, 2.75) is 18.9 Å². The molecule has 0 aliphatic rings. The van der Waals surface area contributed by atoms with Gasteiger partial charge in [-0.3, -0.25) is 9.59 Å². The van der Waals surface area contributed by atoms with E-state index in [1.807, 2.05) is 36.4 Å². The van der Waals surface area contributed by atoms with E-state index in [1.54, 1.807) is 24.3 Å². The molecular weight excluding hydrogens is 264 g/mol. The van der Waals surface area contributed by atoms with E-state index in [-0.39, 0.29) is 5.91 Å². The van der Waals surface area contributed by atoms with Crippen LogP contribution in [0.1, 0.15) is 23.6 Å². The van der Waals surface area contributed by atoms with E-state index in [2.05, 4.69) is 5.32 Å². The van der Waals surface area contributed by atoms with Crippen LogP contribution in [0.4, 0.5) is 0 Å². The second-order valence-electron chi connectivity index (χ2n) is 4.80. The normalized spacial score (nSPS) is 11.6. The smallest absolute Gasteiger partial charge is 0.244 e. The summed E-state index contributed by atoms with van der Waals surface area (Å²) < 4.78 is 0. The Balaban J connectivity index is 1.95. The number of nitrogens with two attached hydrogens (primary N) is 1. The maximum atomic E-state index is 12.0. The first kappa shape index (κ1) is 14.8. The second kappa shape index (κ2) is 7.24. The highest BCUT2D eigenvalue weighted by Crippen LogP contribution is 2.12. The predicted molar refractivity (Wildman–Crippen MR) is 81.3 cm³/mol. The number of primary amides is 1. The van der Waals surface area contributed by atoms with Crippen molar-refractivity contribution in [3.05, 3.63) is 71.8 Å². The van der Waals surface area contributed by atoms with E-state index in [0.29, 0.717) is 18.4 Å². The molecule has 4 nitrogen and oxygen atoms in total. The van der Waals surface area contributed by atoms with Crippen LogP contribution >= 0.6 is 0 Å². The van der Waals surface area contributed by atoms with Crippen LogP contribution in [0.5, 0.6) is 0 Å². The third-order valence-corrected chi connectivity index (χ3v) is 3.21. The summed E-state index contributed by atoms with van der Waals surface area (Å²) in [6.07, 6.45) is 0.952. The third-order valence-electron chi connectivity index (χ3n) is 3.21. The molecule has 0 radical (unpaired) electrons. The Morgan fingerprint density at radius 1 is 0.952 bits per heavy atom. The minimum Gasteiger partial charge on any atom is -0.368 e. The molecule has 2 amide bonds. The molecule has 0 unspecified atom stereocenters. The van der Waals surface area contributed by atoms with Gasteiger partial charge in [-0.2, -0.15) is 0 Å². The molecule has 0 saturated heterocycles. The lowest BCUT2D eigenvalue weighted by molar-refractivity contribution is -0.127.